The van der Waals surface area contributed by atoms with Gasteiger partial charge in [-0.3, -0.25) is 0 Å². The maximum atomic E-state index is 2.46. The smallest absolute Gasteiger partial charge is 0.0147 e. The van der Waals surface area contributed by atoms with Crippen molar-refractivity contribution in [3.63, 3.8) is 0 Å². The van der Waals surface area contributed by atoms with E-state index in [0.29, 0.717) is 0 Å². The summed E-state index contributed by atoms with van der Waals surface area (Å²) in [6.07, 6.45) is 8.30. The van der Waals surface area contributed by atoms with Crippen LogP contribution in [0.5, 0.6) is 0 Å². The molecule has 0 saturated carbocycles. The summed E-state index contributed by atoms with van der Waals surface area (Å²) in [6.45, 7) is 16.1. The summed E-state index contributed by atoms with van der Waals surface area (Å²) in [5.41, 5.74) is 7.16. The first kappa shape index (κ1) is 24.0. The number of rotatable bonds is 2. The molecule has 0 saturated heterocycles. The van der Waals surface area contributed by atoms with Crippen molar-refractivity contribution in [3.05, 3.63) is 108 Å². The molecule has 6 rings (SSSR count). The van der Waals surface area contributed by atoms with Gasteiger partial charge in [0.1, 0.15) is 0 Å². The minimum atomic E-state index is -0.0112. The predicted octanol–water partition coefficient (Wildman–Crippen LogP) is 10.7. The largest absolute Gasteiger partial charge is 0.0796 e. The molecule has 1 aliphatic carbocycles. The van der Waals surface area contributed by atoms with Crippen LogP contribution in [0.4, 0.5) is 0 Å². The summed E-state index contributed by atoms with van der Waals surface area (Å²) in [5, 5.41) is 8.17. The van der Waals surface area contributed by atoms with Crippen molar-refractivity contribution in [2.75, 3.05) is 0 Å². The Morgan fingerprint density at radius 1 is 0.622 bits per heavy atom. The molecule has 5 aromatic carbocycles. The Balaban J connectivity index is 1.54. The molecule has 186 valence electrons. The molecule has 0 heterocycles. The average molecular weight is 483 g/mol. The first-order valence-electron chi connectivity index (χ1n) is 13.7. The first-order valence-corrected chi connectivity index (χ1v) is 13.7. The molecule has 5 aromatic rings. The van der Waals surface area contributed by atoms with Gasteiger partial charge in [0.2, 0.25) is 0 Å². The van der Waals surface area contributed by atoms with Crippen LogP contribution in [0.3, 0.4) is 0 Å². The summed E-state index contributed by atoms with van der Waals surface area (Å²) in [6, 6.07) is 27.8. The lowest BCUT2D eigenvalue weighted by molar-refractivity contribution is 0.498. The fourth-order valence-electron chi connectivity index (χ4n) is 6.19. The third kappa shape index (κ3) is 3.89. The first-order chi connectivity index (χ1) is 17.5. The Labute approximate surface area is 222 Å². The van der Waals surface area contributed by atoms with Crippen molar-refractivity contribution in [2.24, 2.45) is 5.41 Å². The normalized spacial score (nSPS) is 18.7. The third-order valence-electron chi connectivity index (χ3n) is 8.58. The van der Waals surface area contributed by atoms with E-state index in [1.54, 1.807) is 0 Å². The molecule has 1 atom stereocenters. The maximum absolute atomic E-state index is 2.46. The molecule has 0 aromatic heterocycles. The molecule has 0 bridgehead atoms. The van der Waals surface area contributed by atoms with Gasteiger partial charge in [0.15, 0.2) is 0 Å². The summed E-state index contributed by atoms with van der Waals surface area (Å²) >= 11 is 0. The maximum Gasteiger partial charge on any atom is 0.0147 e. The summed E-state index contributed by atoms with van der Waals surface area (Å²) in [4.78, 5) is 0. The van der Waals surface area contributed by atoms with Crippen LogP contribution in [0.15, 0.2) is 96.6 Å². The number of allylic oxidation sites excluding steroid dienone is 4. The number of hydrogen-bond acceptors (Lipinski definition) is 0. The fraction of sp³-hybridized carbons (Fsp3) is 0.297. The quantitative estimate of drug-likeness (QED) is 0.219. The molecule has 0 fully saturated rings. The number of hydrogen-bond donors (Lipinski definition) is 0. The molecular formula is C37H38. The van der Waals surface area contributed by atoms with Gasteiger partial charge in [-0.2, -0.15) is 0 Å². The van der Waals surface area contributed by atoms with Crippen LogP contribution in [0.2, 0.25) is 0 Å². The van der Waals surface area contributed by atoms with Gasteiger partial charge >= 0.3 is 0 Å². The van der Waals surface area contributed by atoms with Gasteiger partial charge in [0.25, 0.3) is 0 Å². The van der Waals surface area contributed by atoms with Crippen LogP contribution >= 0.6 is 0 Å². The van der Waals surface area contributed by atoms with Crippen LogP contribution in [0.25, 0.3) is 43.4 Å². The summed E-state index contributed by atoms with van der Waals surface area (Å²) in [5.74, 6) is 0. The van der Waals surface area contributed by atoms with E-state index in [1.807, 2.05) is 0 Å². The fourth-order valence-corrected chi connectivity index (χ4v) is 6.19. The van der Waals surface area contributed by atoms with Gasteiger partial charge in [-0.25, -0.2) is 0 Å². The van der Waals surface area contributed by atoms with E-state index in [9.17, 15) is 0 Å². The molecule has 0 heteroatoms. The van der Waals surface area contributed by atoms with Gasteiger partial charge in [0, 0.05) is 5.41 Å². The standard InChI is InChI=1S/C37H38/c1-35(2,3)27-14-8-24(9-15-27)29-16-10-25-12-18-31-32(19-13-26-11-17-30(29)33(25)34(26)31)37(7)22-20-28(21-23-37)36(4,5)6/h8-22H,23H2,1-7H3. The second-order valence-electron chi connectivity index (χ2n) is 13.3. The van der Waals surface area contributed by atoms with Crippen molar-refractivity contribution in [1.82, 2.24) is 0 Å². The zero-order chi connectivity index (χ0) is 26.2. The Kier molecular flexibility index (Phi) is 5.22. The zero-order valence-corrected chi connectivity index (χ0v) is 23.4. The Hall–Kier alpha value is -3.38. The highest BCUT2D eigenvalue weighted by atomic mass is 14.3. The van der Waals surface area contributed by atoms with E-state index in [2.05, 4.69) is 139 Å². The monoisotopic (exact) mass is 482 g/mol. The van der Waals surface area contributed by atoms with Crippen LogP contribution in [0.1, 0.15) is 66.0 Å². The topological polar surface area (TPSA) is 0 Å². The van der Waals surface area contributed by atoms with Gasteiger partial charge in [-0.05, 0) is 77.4 Å². The average Bonchev–Trinajstić information content (AvgIpc) is 2.86. The molecule has 0 aliphatic heterocycles. The molecule has 0 radical (unpaired) electrons. The van der Waals surface area contributed by atoms with Gasteiger partial charge in [0.05, 0.1) is 0 Å². The highest BCUT2D eigenvalue weighted by molar-refractivity contribution is 6.26. The minimum absolute atomic E-state index is 0.0112. The zero-order valence-electron chi connectivity index (χ0n) is 23.4. The molecule has 0 spiro atoms. The van der Waals surface area contributed by atoms with Crippen LogP contribution in [-0.4, -0.2) is 0 Å². The highest BCUT2D eigenvalue weighted by Gasteiger charge is 2.30. The lowest BCUT2D eigenvalue weighted by atomic mass is 9.71. The van der Waals surface area contributed by atoms with Crippen LogP contribution < -0.4 is 0 Å². The number of benzene rings is 5. The Morgan fingerprint density at radius 3 is 1.81 bits per heavy atom. The predicted molar refractivity (Wildman–Crippen MR) is 163 cm³/mol. The SMILES string of the molecule is CC(C)(C)C1=CCC(C)(c2ccc3ccc4c(-c5ccc(C(C)(C)C)cc5)ccc5ccc2c3c54)C=C1. The van der Waals surface area contributed by atoms with E-state index in [0.717, 1.165) is 6.42 Å². The molecule has 37 heavy (non-hydrogen) atoms. The lowest BCUT2D eigenvalue weighted by Crippen LogP contribution is -2.23. The summed E-state index contributed by atoms with van der Waals surface area (Å²) in [7, 11) is 0. The lowest BCUT2D eigenvalue weighted by Gasteiger charge is -2.33. The van der Waals surface area contributed by atoms with E-state index < -0.39 is 0 Å². The van der Waals surface area contributed by atoms with Gasteiger partial charge in [-0.15, -0.1) is 0 Å². The third-order valence-corrected chi connectivity index (χ3v) is 8.58. The van der Waals surface area contributed by atoms with E-state index in [1.165, 1.54) is 60.1 Å². The molecule has 1 unspecified atom stereocenters. The second-order valence-corrected chi connectivity index (χ2v) is 13.3. The van der Waals surface area contributed by atoms with E-state index in [4.69, 9.17) is 0 Å². The van der Waals surface area contributed by atoms with Crippen molar-refractivity contribution >= 4 is 32.3 Å². The molecule has 0 nitrogen and oxygen atoms in total. The molecule has 0 amide bonds. The van der Waals surface area contributed by atoms with Crippen molar-refractivity contribution in [3.8, 4) is 11.1 Å². The van der Waals surface area contributed by atoms with Crippen LogP contribution in [-0.2, 0) is 10.8 Å². The van der Waals surface area contributed by atoms with Crippen LogP contribution in [0, 0.1) is 5.41 Å². The van der Waals surface area contributed by atoms with Crippen molar-refractivity contribution in [1.29, 1.82) is 0 Å². The molecule has 1 aliphatic rings. The van der Waals surface area contributed by atoms with Crippen molar-refractivity contribution < 1.29 is 0 Å². The van der Waals surface area contributed by atoms with E-state index in [-0.39, 0.29) is 16.2 Å². The second kappa shape index (κ2) is 8.06. The summed E-state index contributed by atoms with van der Waals surface area (Å²) < 4.78 is 0. The van der Waals surface area contributed by atoms with Gasteiger partial charge < -0.3 is 0 Å². The highest BCUT2D eigenvalue weighted by Crippen LogP contribution is 2.45. The van der Waals surface area contributed by atoms with Gasteiger partial charge in [-0.1, -0.05) is 139 Å². The Morgan fingerprint density at radius 2 is 1.22 bits per heavy atom. The Bertz CT molecular complexity index is 1690. The molecular weight excluding hydrogens is 444 g/mol. The van der Waals surface area contributed by atoms with Crippen molar-refractivity contribution in [2.45, 2.75) is 65.7 Å². The molecule has 0 N–H and O–H groups in total. The minimum Gasteiger partial charge on any atom is -0.0796 e. The van der Waals surface area contributed by atoms with E-state index >= 15 is 0 Å².